The lowest BCUT2D eigenvalue weighted by atomic mass is 9.94. The van der Waals surface area contributed by atoms with Gasteiger partial charge in [0.05, 0.1) is 34.8 Å². The molecule has 0 radical (unpaired) electrons. The quantitative estimate of drug-likeness (QED) is 0.142. The number of anilines is 1. The van der Waals surface area contributed by atoms with Gasteiger partial charge in [-0.2, -0.15) is 0 Å². The van der Waals surface area contributed by atoms with Crippen molar-refractivity contribution in [2.75, 3.05) is 25.1 Å². The number of carbonyl (C=O) groups is 2. The molecule has 1 saturated carbocycles. The highest BCUT2D eigenvalue weighted by Gasteiger charge is 2.36. The average Bonchev–Trinajstić information content (AvgIpc) is 3.14. The van der Waals surface area contributed by atoms with Gasteiger partial charge in [0, 0.05) is 25.1 Å². The molecule has 4 aromatic rings. The van der Waals surface area contributed by atoms with Crippen LogP contribution in [0, 0.1) is 6.92 Å². The molecule has 0 unspecified atom stereocenters. The van der Waals surface area contributed by atoms with Crippen LogP contribution in [0.5, 0.6) is 11.5 Å². The van der Waals surface area contributed by atoms with Crippen molar-refractivity contribution < 1.29 is 27.5 Å². The zero-order chi connectivity index (χ0) is 36.5. The minimum absolute atomic E-state index is 0.0160. The fourth-order valence-corrected chi connectivity index (χ4v) is 8.01. The van der Waals surface area contributed by atoms with Crippen LogP contribution < -0.4 is 19.1 Å². The highest BCUT2D eigenvalue weighted by Crippen LogP contribution is 2.36. The van der Waals surface area contributed by atoms with Crippen molar-refractivity contribution in [2.24, 2.45) is 0 Å². The summed E-state index contributed by atoms with van der Waals surface area (Å²) in [5.74, 6) is -0.345. The number of rotatable bonds is 14. The van der Waals surface area contributed by atoms with Gasteiger partial charge in [-0.15, -0.1) is 0 Å². The first-order chi connectivity index (χ1) is 24.5. The summed E-state index contributed by atoms with van der Waals surface area (Å²) in [4.78, 5) is 30.7. The maximum Gasteiger partial charge on any atom is 0.264 e. The molecule has 270 valence electrons. The van der Waals surface area contributed by atoms with Gasteiger partial charge in [-0.05, 0) is 67.3 Å². The van der Waals surface area contributed by atoms with Crippen LogP contribution in [0.25, 0.3) is 0 Å². The molecule has 5 rings (SSSR count). The van der Waals surface area contributed by atoms with E-state index in [4.69, 9.17) is 32.7 Å². The van der Waals surface area contributed by atoms with E-state index in [9.17, 15) is 18.0 Å². The lowest BCUT2D eigenvalue weighted by Gasteiger charge is -2.35. The van der Waals surface area contributed by atoms with Gasteiger partial charge >= 0.3 is 0 Å². The number of nitrogens with one attached hydrogen (secondary N) is 1. The molecule has 4 aromatic carbocycles. The van der Waals surface area contributed by atoms with Gasteiger partial charge in [-0.3, -0.25) is 13.9 Å². The van der Waals surface area contributed by atoms with Gasteiger partial charge in [0.1, 0.15) is 24.1 Å². The summed E-state index contributed by atoms with van der Waals surface area (Å²) < 4.78 is 41.1. The van der Waals surface area contributed by atoms with Crippen LogP contribution in [0.15, 0.2) is 95.9 Å². The largest absolute Gasteiger partial charge is 0.497 e. The zero-order valence-electron chi connectivity index (χ0n) is 29.0. The van der Waals surface area contributed by atoms with Gasteiger partial charge in [0.2, 0.25) is 11.8 Å². The molecule has 1 N–H and O–H groups in total. The normalized spacial score (nSPS) is 14.0. The van der Waals surface area contributed by atoms with Crippen LogP contribution in [0.3, 0.4) is 0 Å². The Morgan fingerprint density at radius 2 is 1.55 bits per heavy atom. The van der Waals surface area contributed by atoms with Crippen molar-refractivity contribution in [2.45, 2.75) is 69.0 Å². The summed E-state index contributed by atoms with van der Waals surface area (Å²) >= 11 is 12.7. The summed E-state index contributed by atoms with van der Waals surface area (Å²) in [7, 11) is -1.47. The number of benzene rings is 4. The van der Waals surface area contributed by atoms with Crippen molar-refractivity contribution in [3.05, 3.63) is 118 Å². The maximum atomic E-state index is 14.9. The molecule has 0 heterocycles. The van der Waals surface area contributed by atoms with Crippen molar-refractivity contribution in [3.63, 3.8) is 0 Å². The Kier molecular flexibility index (Phi) is 12.9. The Morgan fingerprint density at radius 3 is 2.20 bits per heavy atom. The van der Waals surface area contributed by atoms with E-state index in [1.807, 2.05) is 37.3 Å². The van der Waals surface area contributed by atoms with Gasteiger partial charge in [0.15, 0.2) is 0 Å². The van der Waals surface area contributed by atoms with E-state index in [1.165, 1.54) is 37.3 Å². The first-order valence-corrected chi connectivity index (χ1v) is 19.1. The third-order valence-corrected chi connectivity index (χ3v) is 11.6. The van der Waals surface area contributed by atoms with Crippen molar-refractivity contribution in [1.82, 2.24) is 10.2 Å². The summed E-state index contributed by atoms with van der Waals surface area (Å²) in [6, 6.07) is 24.6. The number of hydrogen-bond acceptors (Lipinski definition) is 6. The van der Waals surface area contributed by atoms with Crippen LogP contribution in [-0.4, -0.2) is 58.0 Å². The minimum Gasteiger partial charge on any atom is -0.497 e. The van der Waals surface area contributed by atoms with E-state index >= 15 is 0 Å². The predicted octanol–water partition coefficient (Wildman–Crippen LogP) is 7.60. The van der Waals surface area contributed by atoms with E-state index in [1.54, 1.807) is 42.5 Å². The van der Waals surface area contributed by atoms with Crippen LogP contribution >= 0.6 is 23.2 Å². The molecule has 2 amide bonds. The molecule has 1 fully saturated rings. The van der Waals surface area contributed by atoms with Gasteiger partial charge in [0.25, 0.3) is 10.0 Å². The fourth-order valence-electron chi connectivity index (χ4n) is 6.28. The van der Waals surface area contributed by atoms with Gasteiger partial charge in [-0.25, -0.2) is 8.42 Å². The number of methoxy groups -OCH3 is 2. The fraction of sp³-hybridized carbons (Fsp3) is 0.333. The second kappa shape index (κ2) is 17.3. The predicted molar refractivity (Wildman–Crippen MR) is 201 cm³/mol. The monoisotopic (exact) mass is 751 g/mol. The smallest absolute Gasteiger partial charge is 0.264 e. The molecule has 1 atom stereocenters. The zero-order valence-corrected chi connectivity index (χ0v) is 31.3. The first-order valence-electron chi connectivity index (χ1n) is 16.9. The molecule has 0 aromatic heterocycles. The molecule has 0 bridgehead atoms. The molecular formula is C39H43Cl2N3O6S. The van der Waals surface area contributed by atoms with Crippen LogP contribution in [-0.2, 0) is 32.6 Å². The molecule has 9 nitrogen and oxygen atoms in total. The molecular weight excluding hydrogens is 709 g/mol. The second-order valence-corrected chi connectivity index (χ2v) is 15.4. The van der Waals surface area contributed by atoms with E-state index < -0.39 is 28.5 Å². The number of amides is 2. The lowest BCUT2D eigenvalue weighted by Crippen LogP contribution is -2.55. The molecule has 12 heteroatoms. The van der Waals surface area contributed by atoms with Crippen molar-refractivity contribution in [3.8, 4) is 11.5 Å². The second-order valence-electron chi connectivity index (χ2n) is 12.7. The molecule has 0 aliphatic heterocycles. The standard InChI is InChI=1S/C39H43Cl2N3O6S/c1-27-14-18-32(19-15-27)51(47,48)44(35-24-31(49-2)17-21-37(35)50-3)26-38(45)43(25-29-16-20-33(40)34(41)22-29)36(23-28-10-6-4-7-11-28)39(46)42-30-12-8-5-9-13-30/h4,6-7,10-11,14-22,24,30,36H,5,8-9,12-13,23,25-26H2,1-3H3,(H,42,46)/t36-/m1/s1. The Bertz CT molecular complexity index is 1920. The van der Waals surface area contributed by atoms with Crippen molar-refractivity contribution >= 4 is 50.7 Å². The Labute approximate surface area is 310 Å². The van der Waals surface area contributed by atoms with Crippen LogP contribution in [0.1, 0.15) is 48.8 Å². The number of aryl methyl sites for hydroxylation is 1. The maximum absolute atomic E-state index is 14.9. The Balaban J connectivity index is 1.62. The number of nitrogens with zero attached hydrogens (tertiary/aromatic N) is 2. The number of sulfonamides is 1. The van der Waals surface area contributed by atoms with E-state index in [0.29, 0.717) is 16.3 Å². The Hall–Kier alpha value is -4.25. The summed E-state index contributed by atoms with van der Waals surface area (Å²) in [6.45, 7) is 1.16. The topological polar surface area (TPSA) is 105 Å². The van der Waals surface area contributed by atoms with Crippen molar-refractivity contribution in [1.29, 1.82) is 0 Å². The number of halogens is 2. The highest BCUT2D eigenvalue weighted by atomic mass is 35.5. The average molecular weight is 753 g/mol. The lowest BCUT2D eigenvalue weighted by molar-refractivity contribution is -0.140. The Morgan fingerprint density at radius 1 is 0.843 bits per heavy atom. The molecule has 51 heavy (non-hydrogen) atoms. The van der Waals surface area contributed by atoms with Gasteiger partial charge in [-0.1, -0.05) is 96.6 Å². The first kappa shape index (κ1) is 38.0. The number of carbonyl (C=O) groups excluding carboxylic acids is 2. The third-order valence-electron chi connectivity index (χ3n) is 9.10. The van der Waals surface area contributed by atoms with Crippen LogP contribution in [0.4, 0.5) is 5.69 Å². The third kappa shape index (κ3) is 9.55. The summed E-state index contributed by atoms with van der Waals surface area (Å²) in [6.07, 6.45) is 5.02. The van der Waals surface area contributed by atoms with E-state index in [2.05, 4.69) is 5.32 Å². The SMILES string of the molecule is COc1ccc(OC)c(N(CC(=O)N(Cc2ccc(Cl)c(Cl)c2)[C@H](Cc2ccccc2)C(=O)NC2CCCCC2)S(=O)(=O)c2ccc(C)cc2)c1. The van der Waals surface area contributed by atoms with Crippen LogP contribution in [0.2, 0.25) is 10.0 Å². The van der Waals surface area contributed by atoms with E-state index in [-0.39, 0.29) is 46.3 Å². The summed E-state index contributed by atoms with van der Waals surface area (Å²) in [5.41, 5.74) is 2.43. The molecule has 0 spiro atoms. The summed E-state index contributed by atoms with van der Waals surface area (Å²) in [5, 5.41) is 3.84. The van der Waals surface area contributed by atoms with Gasteiger partial charge < -0.3 is 19.7 Å². The molecule has 1 aliphatic carbocycles. The molecule has 0 saturated heterocycles. The van der Waals surface area contributed by atoms with E-state index in [0.717, 1.165) is 47.5 Å². The number of hydrogen-bond donors (Lipinski definition) is 1. The minimum atomic E-state index is -4.36. The number of ether oxygens (including phenoxy) is 2. The molecule has 1 aliphatic rings. The highest BCUT2D eigenvalue weighted by molar-refractivity contribution is 7.92.